The lowest BCUT2D eigenvalue weighted by Gasteiger charge is -2.09. The third-order valence-corrected chi connectivity index (χ3v) is 2.62. The number of aromatic hydroxyl groups is 1. The number of phenolic OH excluding ortho intramolecular Hbond substituents is 1. The fourth-order valence-electron chi connectivity index (χ4n) is 1.48. The number of rotatable bonds is 3. The van der Waals surface area contributed by atoms with Gasteiger partial charge in [0.25, 0.3) is 0 Å². The summed E-state index contributed by atoms with van der Waals surface area (Å²) in [5.74, 6) is -0.188. The van der Waals surface area contributed by atoms with E-state index in [1.807, 2.05) is 6.07 Å². The fraction of sp³-hybridized carbons (Fsp3) is 0.0769. The highest BCUT2D eigenvalue weighted by atomic mass is 35.5. The quantitative estimate of drug-likeness (QED) is 0.870. The molecule has 2 rings (SSSR count). The second-order valence-electron chi connectivity index (χ2n) is 3.61. The van der Waals surface area contributed by atoms with Crippen LogP contribution in [0.15, 0.2) is 42.5 Å². The van der Waals surface area contributed by atoms with Crippen LogP contribution in [-0.2, 0) is 6.54 Å². The molecule has 4 heteroatoms. The highest BCUT2D eigenvalue weighted by Gasteiger charge is 2.04. The van der Waals surface area contributed by atoms with Crippen molar-refractivity contribution in [2.45, 2.75) is 6.54 Å². The molecular weight excluding hydrogens is 241 g/mol. The molecule has 2 aromatic carbocycles. The maximum Gasteiger partial charge on any atom is 0.146 e. The molecule has 0 radical (unpaired) electrons. The van der Waals surface area contributed by atoms with Crippen LogP contribution in [0.4, 0.5) is 10.1 Å². The Hall–Kier alpha value is -1.74. The lowest BCUT2D eigenvalue weighted by atomic mass is 10.2. The molecule has 0 unspecified atom stereocenters. The van der Waals surface area contributed by atoms with Gasteiger partial charge >= 0.3 is 0 Å². The SMILES string of the molecule is Oc1ccccc1CNc1cc(Cl)ccc1F. The van der Waals surface area contributed by atoms with E-state index < -0.39 is 0 Å². The zero-order valence-electron chi connectivity index (χ0n) is 8.95. The second-order valence-corrected chi connectivity index (χ2v) is 4.04. The van der Waals surface area contributed by atoms with Gasteiger partial charge in [-0.3, -0.25) is 0 Å². The molecule has 0 saturated heterocycles. The van der Waals surface area contributed by atoms with Gasteiger partial charge in [-0.2, -0.15) is 0 Å². The Bertz CT molecular complexity index is 531. The summed E-state index contributed by atoms with van der Waals surface area (Å²) in [5, 5.41) is 12.9. The first-order valence-corrected chi connectivity index (χ1v) is 5.50. The van der Waals surface area contributed by atoms with Gasteiger partial charge in [0.05, 0.1) is 5.69 Å². The number of nitrogens with one attached hydrogen (secondary N) is 1. The van der Waals surface area contributed by atoms with E-state index >= 15 is 0 Å². The zero-order chi connectivity index (χ0) is 12.3. The molecule has 0 aromatic heterocycles. The number of para-hydroxylation sites is 1. The Morgan fingerprint density at radius 3 is 2.71 bits per heavy atom. The van der Waals surface area contributed by atoms with Crippen LogP contribution in [0.3, 0.4) is 0 Å². The van der Waals surface area contributed by atoms with Gasteiger partial charge in [-0.25, -0.2) is 4.39 Å². The molecule has 0 aliphatic carbocycles. The van der Waals surface area contributed by atoms with Gasteiger partial charge in [-0.05, 0) is 24.3 Å². The maximum absolute atomic E-state index is 13.4. The number of halogens is 2. The van der Waals surface area contributed by atoms with Crippen molar-refractivity contribution in [2.24, 2.45) is 0 Å². The van der Waals surface area contributed by atoms with E-state index in [1.54, 1.807) is 18.2 Å². The Labute approximate surface area is 104 Å². The van der Waals surface area contributed by atoms with Crippen molar-refractivity contribution in [3.8, 4) is 5.75 Å². The zero-order valence-corrected chi connectivity index (χ0v) is 9.71. The van der Waals surface area contributed by atoms with E-state index in [0.717, 1.165) is 0 Å². The van der Waals surface area contributed by atoms with Crippen LogP contribution < -0.4 is 5.32 Å². The lowest BCUT2D eigenvalue weighted by Crippen LogP contribution is -2.01. The first kappa shape index (κ1) is 11.7. The first-order chi connectivity index (χ1) is 8.16. The lowest BCUT2D eigenvalue weighted by molar-refractivity contribution is 0.469. The van der Waals surface area contributed by atoms with Crippen LogP contribution in [0.5, 0.6) is 5.75 Å². The van der Waals surface area contributed by atoms with Crippen molar-refractivity contribution in [3.05, 3.63) is 58.9 Å². The second kappa shape index (κ2) is 5.06. The van der Waals surface area contributed by atoms with E-state index in [0.29, 0.717) is 22.8 Å². The average molecular weight is 252 g/mol. The van der Waals surface area contributed by atoms with E-state index in [-0.39, 0.29) is 11.6 Å². The van der Waals surface area contributed by atoms with Crippen molar-refractivity contribution >= 4 is 17.3 Å². The largest absolute Gasteiger partial charge is 0.508 e. The number of hydrogen-bond acceptors (Lipinski definition) is 2. The van der Waals surface area contributed by atoms with Crippen LogP contribution in [-0.4, -0.2) is 5.11 Å². The van der Waals surface area contributed by atoms with E-state index in [4.69, 9.17) is 11.6 Å². The molecule has 0 aliphatic rings. The Balaban J connectivity index is 2.12. The molecule has 88 valence electrons. The normalized spacial score (nSPS) is 10.2. The predicted octanol–water partition coefficient (Wildman–Crippen LogP) is 3.80. The summed E-state index contributed by atoms with van der Waals surface area (Å²) in [4.78, 5) is 0. The maximum atomic E-state index is 13.4. The molecule has 17 heavy (non-hydrogen) atoms. The van der Waals surface area contributed by atoms with Gasteiger partial charge < -0.3 is 10.4 Å². The highest BCUT2D eigenvalue weighted by Crippen LogP contribution is 2.22. The topological polar surface area (TPSA) is 32.3 Å². The van der Waals surface area contributed by atoms with E-state index in [1.165, 1.54) is 18.2 Å². The van der Waals surface area contributed by atoms with Crippen LogP contribution >= 0.6 is 11.6 Å². The standard InChI is InChI=1S/C13H11ClFNO/c14-10-5-6-11(15)12(7-10)16-8-9-3-1-2-4-13(9)17/h1-7,16-17H,8H2. The molecule has 0 bridgehead atoms. The summed E-state index contributed by atoms with van der Waals surface area (Å²) in [6.45, 7) is 0.337. The Kier molecular flexibility index (Phi) is 3.49. The summed E-state index contributed by atoms with van der Waals surface area (Å²) in [6, 6.07) is 11.2. The van der Waals surface area contributed by atoms with Gasteiger partial charge in [0.1, 0.15) is 11.6 Å². The Morgan fingerprint density at radius 2 is 1.94 bits per heavy atom. The van der Waals surface area contributed by atoms with Gasteiger partial charge in [0.2, 0.25) is 0 Å². The minimum atomic E-state index is -0.371. The predicted molar refractivity (Wildman–Crippen MR) is 66.8 cm³/mol. The molecule has 0 amide bonds. The fourth-order valence-corrected chi connectivity index (χ4v) is 1.66. The molecule has 0 atom stereocenters. The van der Waals surface area contributed by atoms with Crippen molar-refractivity contribution in [1.29, 1.82) is 0 Å². The molecular formula is C13H11ClFNO. The van der Waals surface area contributed by atoms with Gasteiger partial charge in [-0.15, -0.1) is 0 Å². The third kappa shape index (κ3) is 2.88. The summed E-state index contributed by atoms with van der Waals surface area (Å²) in [7, 11) is 0. The molecule has 0 fully saturated rings. The minimum absolute atomic E-state index is 0.183. The van der Waals surface area contributed by atoms with Crippen molar-refractivity contribution in [3.63, 3.8) is 0 Å². The van der Waals surface area contributed by atoms with Crippen LogP contribution in [0.1, 0.15) is 5.56 Å². The number of phenols is 1. The molecule has 0 heterocycles. The summed E-state index contributed by atoms with van der Waals surface area (Å²) >= 11 is 5.77. The third-order valence-electron chi connectivity index (χ3n) is 2.39. The van der Waals surface area contributed by atoms with Crippen molar-refractivity contribution < 1.29 is 9.50 Å². The molecule has 0 saturated carbocycles. The minimum Gasteiger partial charge on any atom is -0.508 e. The molecule has 0 aliphatic heterocycles. The Morgan fingerprint density at radius 1 is 1.18 bits per heavy atom. The number of anilines is 1. The molecule has 0 spiro atoms. The van der Waals surface area contributed by atoms with Crippen molar-refractivity contribution in [1.82, 2.24) is 0 Å². The van der Waals surface area contributed by atoms with Crippen LogP contribution in [0, 0.1) is 5.82 Å². The molecule has 2 nitrogen and oxygen atoms in total. The molecule has 2 N–H and O–H groups in total. The van der Waals surface area contributed by atoms with Crippen LogP contribution in [0.2, 0.25) is 5.02 Å². The summed E-state index contributed by atoms with van der Waals surface area (Å²) < 4.78 is 13.4. The number of hydrogen-bond donors (Lipinski definition) is 2. The van der Waals surface area contributed by atoms with Gasteiger partial charge in [0, 0.05) is 17.1 Å². The summed E-state index contributed by atoms with van der Waals surface area (Å²) in [5.41, 5.74) is 1.02. The smallest absolute Gasteiger partial charge is 0.146 e. The monoisotopic (exact) mass is 251 g/mol. The average Bonchev–Trinajstić information content (AvgIpc) is 2.32. The number of benzene rings is 2. The van der Waals surface area contributed by atoms with E-state index in [2.05, 4.69) is 5.32 Å². The first-order valence-electron chi connectivity index (χ1n) is 5.12. The summed E-state index contributed by atoms with van der Waals surface area (Å²) in [6.07, 6.45) is 0. The highest BCUT2D eigenvalue weighted by molar-refractivity contribution is 6.30. The molecule has 2 aromatic rings. The van der Waals surface area contributed by atoms with Crippen molar-refractivity contribution in [2.75, 3.05) is 5.32 Å². The van der Waals surface area contributed by atoms with E-state index in [9.17, 15) is 9.50 Å². The van der Waals surface area contributed by atoms with Gasteiger partial charge in [-0.1, -0.05) is 29.8 Å². The van der Waals surface area contributed by atoms with Gasteiger partial charge in [0.15, 0.2) is 0 Å². The van der Waals surface area contributed by atoms with Crippen LogP contribution in [0.25, 0.3) is 0 Å².